The Morgan fingerprint density at radius 3 is 1.82 bits per heavy atom. The Bertz CT molecular complexity index is 704. The summed E-state index contributed by atoms with van der Waals surface area (Å²) in [6, 6.07) is 12.2. The predicted molar refractivity (Wildman–Crippen MR) is 80.8 cm³/mol. The lowest BCUT2D eigenvalue weighted by Crippen LogP contribution is -2.18. The third-order valence-electron chi connectivity index (χ3n) is 2.94. The van der Waals surface area contributed by atoms with Crippen LogP contribution in [0.2, 0.25) is 0 Å². The zero-order chi connectivity index (χ0) is 16.3. The number of amides is 1. The molecule has 0 fully saturated rings. The van der Waals surface area contributed by atoms with Crippen LogP contribution in [0.4, 0.5) is 13.2 Å². The van der Waals surface area contributed by atoms with E-state index in [4.69, 9.17) is 0 Å². The molecule has 1 atom stereocenters. The highest BCUT2D eigenvalue weighted by atomic mass is 32.2. The standard InChI is InChI=1S/C16H14F3NOS/c1-11-3-7-13(8-4-11)15(21)20-22(16(17,18)19)14-9-5-12(2)6-10-14/h3-10H,1-2H3. The van der Waals surface area contributed by atoms with E-state index < -0.39 is 22.1 Å². The molecule has 0 aliphatic rings. The number of halogens is 3. The van der Waals surface area contributed by atoms with E-state index in [1.807, 2.05) is 6.92 Å². The Morgan fingerprint density at radius 1 is 0.909 bits per heavy atom. The largest absolute Gasteiger partial charge is 0.457 e. The lowest BCUT2D eigenvalue weighted by molar-refractivity contribution is -0.0357. The van der Waals surface area contributed by atoms with E-state index in [2.05, 4.69) is 4.36 Å². The molecule has 0 aliphatic heterocycles. The molecule has 0 bridgehead atoms. The summed E-state index contributed by atoms with van der Waals surface area (Å²) in [5.74, 6) is -0.860. The Kier molecular flexibility index (Phi) is 4.81. The fourth-order valence-corrected chi connectivity index (χ4v) is 2.88. The fraction of sp³-hybridized carbons (Fsp3) is 0.188. The van der Waals surface area contributed by atoms with E-state index in [0.29, 0.717) is 0 Å². The number of rotatable bonds is 2. The van der Waals surface area contributed by atoms with Gasteiger partial charge in [0.15, 0.2) is 0 Å². The highest BCUT2D eigenvalue weighted by Gasteiger charge is 2.36. The molecule has 1 unspecified atom stereocenters. The van der Waals surface area contributed by atoms with Crippen molar-refractivity contribution in [3.05, 3.63) is 65.2 Å². The van der Waals surface area contributed by atoms with E-state index in [1.165, 1.54) is 24.3 Å². The van der Waals surface area contributed by atoms with Gasteiger partial charge in [0.1, 0.15) is 0 Å². The normalized spacial score (nSPS) is 13.1. The van der Waals surface area contributed by atoms with Crippen molar-refractivity contribution in [1.82, 2.24) is 0 Å². The zero-order valence-electron chi connectivity index (χ0n) is 12.0. The molecule has 0 heterocycles. The van der Waals surface area contributed by atoms with E-state index in [1.54, 1.807) is 31.2 Å². The summed E-state index contributed by atoms with van der Waals surface area (Å²) in [6.45, 7) is 3.61. The molecule has 6 heteroatoms. The minimum Gasteiger partial charge on any atom is -0.266 e. The van der Waals surface area contributed by atoms with Crippen LogP contribution in [0.3, 0.4) is 0 Å². The number of benzene rings is 2. The topological polar surface area (TPSA) is 29.4 Å². The van der Waals surface area contributed by atoms with Crippen LogP contribution in [-0.4, -0.2) is 11.4 Å². The van der Waals surface area contributed by atoms with Crippen LogP contribution in [0.1, 0.15) is 21.5 Å². The van der Waals surface area contributed by atoms with Crippen molar-refractivity contribution in [2.24, 2.45) is 4.36 Å². The van der Waals surface area contributed by atoms with Gasteiger partial charge in [0.25, 0.3) is 5.91 Å². The highest BCUT2D eigenvalue weighted by molar-refractivity contribution is 7.88. The van der Waals surface area contributed by atoms with Crippen molar-refractivity contribution >= 4 is 16.6 Å². The van der Waals surface area contributed by atoms with Crippen LogP contribution in [0, 0.1) is 13.8 Å². The van der Waals surface area contributed by atoms with Gasteiger partial charge < -0.3 is 0 Å². The number of carbonyl (C=O) groups is 1. The maximum Gasteiger partial charge on any atom is 0.457 e. The lowest BCUT2D eigenvalue weighted by Gasteiger charge is -2.12. The second kappa shape index (κ2) is 6.44. The molecule has 2 aromatic rings. The number of alkyl halides is 3. The van der Waals surface area contributed by atoms with Gasteiger partial charge in [0, 0.05) is 21.2 Å². The average molecular weight is 325 g/mol. The Balaban J connectivity index is 2.43. The smallest absolute Gasteiger partial charge is 0.266 e. The van der Waals surface area contributed by atoms with Crippen LogP contribution >= 0.6 is 0 Å². The molecule has 1 amide bonds. The van der Waals surface area contributed by atoms with E-state index in [0.717, 1.165) is 11.1 Å². The molecule has 2 aromatic carbocycles. The molecule has 0 aromatic heterocycles. The Morgan fingerprint density at radius 2 is 1.36 bits per heavy atom. The first-order valence-electron chi connectivity index (χ1n) is 6.48. The summed E-state index contributed by atoms with van der Waals surface area (Å²) in [4.78, 5) is 12.0. The maximum atomic E-state index is 13.2. The summed E-state index contributed by atoms with van der Waals surface area (Å²) in [5.41, 5.74) is -2.67. The third-order valence-corrected chi connectivity index (χ3v) is 4.44. The fourth-order valence-electron chi connectivity index (χ4n) is 1.74. The first-order chi connectivity index (χ1) is 10.3. The summed E-state index contributed by atoms with van der Waals surface area (Å²) in [7, 11) is -2.47. The summed E-state index contributed by atoms with van der Waals surface area (Å²) in [6.07, 6.45) is 0. The Hall–Kier alpha value is -1.95. The average Bonchev–Trinajstić information content (AvgIpc) is 2.45. The van der Waals surface area contributed by atoms with Gasteiger partial charge in [-0.05, 0) is 38.1 Å². The molecule has 0 N–H and O–H groups in total. The lowest BCUT2D eigenvalue weighted by atomic mass is 10.1. The quantitative estimate of drug-likeness (QED) is 0.778. The molecule has 2 rings (SSSR count). The predicted octanol–water partition coefficient (Wildman–Crippen LogP) is 4.82. The molecule has 0 aliphatic carbocycles. The van der Waals surface area contributed by atoms with Crippen LogP contribution < -0.4 is 0 Å². The molecular weight excluding hydrogens is 311 g/mol. The number of hydrogen-bond acceptors (Lipinski definition) is 1. The first kappa shape index (κ1) is 16.4. The minimum absolute atomic E-state index is 0.0152. The number of nitrogens with zero attached hydrogens (tertiary/aromatic N) is 1. The van der Waals surface area contributed by atoms with Gasteiger partial charge in [-0.1, -0.05) is 35.4 Å². The van der Waals surface area contributed by atoms with Gasteiger partial charge in [0.2, 0.25) is 0 Å². The molecular formula is C16H14F3NOS. The summed E-state index contributed by atoms with van der Waals surface area (Å²) < 4.78 is 43.1. The van der Waals surface area contributed by atoms with E-state index in [-0.39, 0.29) is 10.5 Å². The maximum absolute atomic E-state index is 13.2. The van der Waals surface area contributed by atoms with Gasteiger partial charge >= 0.3 is 5.51 Å². The SMILES string of the molecule is Cc1ccc(C(=O)N=S(c2ccc(C)cc2)C(F)(F)F)cc1. The molecule has 2 nitrogen and oxygen atoms in total. The molecule has 116 valence electrons. The van der Waals surface area contributed by atoms with Crippen molar-refractivity contribution in [2.45, 2.75) is 24.3 Å². The second-order valence-electron chi connectivity index (χ2n) is 4.81. The van der Waals surface area contributed by atoms with Crippen LogP contribution in [-0.2, 0) is 10.7 Å². The third kappa shape index (κ3) is 4.04. The second-order valence-corrected chi connectivity index (χ2v) is 6.49. The molecule has 0 radical (unpaired) electrons. The molecule has 0 spiro atoms. The van der Waals surface area contributed by atoms with Crippen molar-refractivity contribution in [2.75, 3.05) is 0 Å². The van der Waals surface area contributed by atoms with E-state index >= 15 is 0 Å². The highest BCUT2D eigenvalue weighted by Crippen LogP contribution is 2.29. The molecule has 0 saturated heterocycles. The monoisotopic (exact) mass is 325 g/mol. The Labute approximate surface area is 129 Å². The van der Waals surface area contributed by atoms with Crippen molar-refractivity contribution in [1.29, 1.82) is 0 Å². The molecule has 0 saturated carbocycles. The van der Waals surface area contributed by atoms with Gasteiger partial charge in [-0.15, -0.1) is 0 Å². The van der Waals surface area contributed by atoms with Crippen molar-refractivity contribution < 1.29 is 18.0 Å². The number of hydrogen-bond donors (Lipinski definition) is 0. The number of carbonyl (C=O) groups excluding carboxylic acids is 1. The summed E-state index contributed by atoms with van der Waals surface area (Å²) in [5, 5.41) is 0. The zero-order valence-corrected chi connectivity index (χ0v) is 12.8. The first-order valence-corrected chi connectivity index (χ1v) is 7.66. The van der Waals surface area contributed by atoms with Crippen LogP contribution in [0.15, 0.2) is 57.8 Å². The van der Waals surface area contributed by atoms with Gasteiger partial charge in [-0.2, -0.15) is 17.5 Å². The molecule has 22 heavy (non-hydrogen) atoms. The summed E-state index contributed by atoms with van der Waals surface area (Å²) >= 11 is 0. The van der Waals surface area contributed by atoms with Crippen molar-refractivity contribution in [3.63, 3.8) is 0 Å². The van der Waals surface area contributed by atoms with Crippen LogP contribution in [0.25, 0.3) is 0 Å². The minimum atomic E-state index is -4.59. The van der Waals surface area contributed by atoms with E-state index in [9.17, 15) is 18.0 Å². The van der Waals surface area contributed by atoms with Crippen LogP contribution in [0.5, 0.6) is 0 Å². The van der Waals surface area contributed by atoms with Crippen molar-refractivity contribution in [3.8, 4) is 0 Å². The van der Waals surface area contributed by atoms with Gasteiger partial charge in [-0.25, -0.2) is 0 Å². The van der Waals surface area contributed by atoms with Gasteiger partial charge in [0.05, 0.1) is 0 Å². The number of aryl methyl sites for hydroxylation is 2. The van der Waals surface area contributed by atoms with Gasteiger partial charge in [-0.3, -0.25) is 4.79 Å².